The van der Waals surface area contributed by atoms with Crippen molar-refractivity contribution in [1.82, 2.24) is 9.29 Å². The van der Waals surface area contributed by atoms with E-state index in [0.717, 1.165) is 28.7 Å². The number of sulfonamides is 1. The summed E-state index contributed by atoms with van der Waals surface area (Å²) in [5.74, 6) is -3.01. The SMILES string of the molecule is CN1C(N)=N[C@](C)(c2cc(NC(=O)c3ccc(F)cn3)cc(F)c2Cl)CS1(=O)=O. The predicted octanol–water partition coefficient (Wildman–Crippen LogP) is 2.07. The fraction of sp³-hybridized carbons (Fsp3) is 0.235. The smallest absolute Gasteiger partial charge is 0.274 e. The highest BCUT2D eigenvalue weighted by molar-refractivity contribution is 7.89. The quantitative estimate of drug-likeness (QED) is 0.753. The molecule has 1 atom stereocenters. The number of halogens is 3. The third-order valence-corrected chi connectivity index (χ3v) is 6.72. The highest BCUT2D eigenvalue weighted by Gasteiger charge is 2.42. The normalized spacial score (nSPS) is 20.9. The van der Waals surface area contributed by atoms with Gasteiger partial charge in [0.15, 0.2) is 0 Å². The van der Waals surface area contributed by atoms with Gasteiger partial charge in [-0.3, -0.25) is 4.79 Å². The van der Waals surface area contributed by atoms with Crippen LogP contribution in [-0.2, 0) is 15.6 Å². The summed E-state index contributed by atoms with van der Waals surface area (Å²) in [6.45, 7) is 1.44. The van der Waals surface area contributed by atoms with Gasteiger partial charge >= 0.3 is 0 Å². The number of nitrogens with one attached hydrogen (secondary N) is 1. The zero-order chi connectivity index (χ0) is 21.6. The number of carbonyl (C=O) groups is 1. The van der Waals surface area contributed by atoms with E-state index >= 15 is 0 Å². The van der Waals surface area contributed by atoms with Gasteiger partial charge < -0.3 is 11.1 Å². The minimum absolute atomic E-state index is 0.00986. The molecule has 29 heavy (non-hydrogen) atoms. The number of aromatic nitrogens is 1. The first-order valence-corrected chi connectivity index (χ1v) is 10.2. The molecule has 12 heteroatoms. The zero-order valence-corrected chi connectivity index (χ0v) is 16.9. The van der Waals surface area contributed by atoms with Crippen molar-refractivity contribution >= 4 is 39.2 Å². The Balaban J connectivity index is 2.02. The van der Waals surface area contributed by atoms with Crippen LogP contribution in [-0.4, -0.2) is 42.4 Å². The van der Waals surface area contributed by atoms with Gasteiger partial charge in [0.2, 0.25) is 16.0 Å². The van der Waals surface area contributed by atoms with Gasteiger partial charge in [-0.05, 0) is 31.2 Å². The molecule has 2 aromatic rings. The standard InChI is InChI=1S/C17H16ClF2N5O3S/c1-17(8-29(27,28)25(2)16(21)24-17)11-5-10(6-12(20)14(11)18)23-15(26)13-4-3-9(19)7-22-13/h3-7H,8H2,1-2H3,(H2,21,24)(H,23,26)/t17-/m0/s1. The van der Waals surface area contributed by atoms with Crippen LogP contribution in [0.5, 0.6) is 0 Å². The molecule has 0 saturated carbocycles. The maximum absolute atomic E-state index is 14.4. The summed E-state index contributed by atoms with van der Waals surface area (Å²) >= 11 is 6.08. The van der Waals surface area contributed by atoms with Gasteiger partial charge in [0.05, 0.1) is 17.0 Å². The van der Waals surface area contributed by atoms with Gasteiger partial charge in [-0.25, -0.2) is 31.5 Å². The number of hydrogen-bond donors (Lipinski definition) is 2. The number of carbonyl (C=O) groups excluding carboxylic acids is 1. The van der Waals surface area contributed by atoms with Crippen LogP contribution in [0.25, 0.3) is 0 Å². The number of nitrogens with two attached hydrogens (primary N) is 1. The molecule has 154 valence electrons. The number of aliphatic imine (C=N–C) groups is 1. The summed E-state index contributed by atoms with van der Waals surface area (Å²) in [6.07, 6.45) is 0.866. The number of pyridine rings is 1. The lowest BCUT2D eigenvalue weighted by molar-refractivity contribution is 0.102. The second kappa shape index (κ2) is 7.23. The third-order valence-electron chi connectivity index (χ3n) is 4.39. The van der Waals surface area contributed by atoms with Crippen molar-refractivity contribution in [2.24, 2.45) is 10.7 Å². The number of guanidine groups is 1. The summed E-state index contributed by atoms with van der Waals surface area (Å²) in [5.41, 5.74) is 4.15. The average Bonchev–Trinajstić information content (AvgIpc) is 2.62. The number of rotatable bonds is 3. The molecule has 1 aromatic carbocycles. The number of amides is 1. The number of anilines is 1. The number of hydrogen-bond acceptors (Lipinski definition) is 6. The Kier molecular flexibility index (Phi) is 5.22. The van der Waals surface area contributed by atoms with E-state index < -0.39 is 38.9 Å². The van der Waals surface area contributed by atoms with Crippen LogP contribution in [0, 0.1) is 11.6 Å². The molecule has 2 heterocycles. The van der Waals surface area contributed by atoms with Gasteiger partial charge in [-0.2, -0.15) is 0 Å². The number of nitrogens with zero attached hydrogens (tertiary/aromatic N) is 3. The zero-order valence-electron chi connectivity index (χ0n) is 15.3. The van der Waals surface area contributed by atoms with E-state index in [4.69, 9.17) is 17.3 Å². The van der Waals surface area contributed by atoms with Gasteiger partial charge in [0.25, 0.3) is 5.91 Å². The Morgan fingerprint density at radius 1 is 1.34 bits per heavy atom. The highest BCUT2D eigenvalue weighted by Crippen LogP contribution is 2.38. The molecule has 0 saturated heterocycles. The minimum atomic E-state index is -3.82. The molecular formula is C17H16ClF2N5O3S. The summed E-state index contributed by atoms with van der Waals surface area (Å²) in [4.78, 5) is 20.1. The topological polar surface area (TPSA) is 118 Å². The maximum atomic E-state index is 14.4. The second-order valence-corrected chi connectivity index (χ2v) is 8.98. The van der Waals surface area contributed by atoms with Crippen molar-refractivity contribution < 1.29 is 22.0 Å². The van der Waals surface area contributed by atoms with Crippen molar-refractivity contribution in [3.05, 3.63) is 58.4 Å². The van der Waals surface area contributed by atoms with E-state index in [1.165, 1.54) is 20.0 Å². The largest absolute Gasteiger partial charge is 0.369 e. The Bertz CT molecular complexity index is 1120. The Morgan fingerprint density at radius 3 is 2.62 bits per heavy atom. The second-order valence-electron chi connectivity index (χ2n) is 6.60. The predicted molar refractivity (Wildman–Crippen MR) is 104 cm³/mol. The molecule has 0 fully saturated rings. The van der Waals surface area contributed by atoms with Crippen LogP contribution in [0.4, 0.5) is 14.5 Å². The van der Waals surface area contributed by atoms with Crippen LogP contribution < -0.4 is 11.1 Å². The monoisotopic (exact) mass is 443 g/mol. The van der Waals surface area contributed by atoms with E-state index in [9.17, 15) is 22.0 Å². The van der Waals surface area contributed by atoms with E-state index in [-0.39, 0.29) is 27.9 Å². The van der Waals surface area contributed by atoms with E-state index in [1.54, 1.807) is 0 Å². The molecule has 8 nitrogen and oxygen atoms in total. The Morgan fingerprint density at radius 2 is 2.03 bits per heavy atom. The summed E-state index contributed by atoms with van der Waals surface area (Å²) in [6, 6.07) is 4.49. The molecular weight excluding hydrogens is 428 g/mol. The molecule has 1 aromatic heterocycles. The van der Waals surface area contributed by atoms with Gasteiger partial charge in [0, 0.05) is 18.3 Å². The lowest BCUT2D eigenvalue weighted by Gasteiger charge is -2.35. The van der Waals surface area contributed by atoms with Gasteiger partial charge in [-0.15, -0.1) is 0 Å². The van der Waals surface area contributed by atoms with Crippen LogP contribution >= 0.6 is 11.6 Å². The lowest BCUT2D eigenvalue weighted by Crippen LogP contribution is -2.50. The maximum Gasteiger partial charge on any atom is 0.274 e. The van der Waals surface area contributed by atoms with Crippen molar-refractivity contribution in [3.63, 3.8) is 0 Å². The molecule has 0 bridgehead atoms. The van der Waals surface area contributed by atoms with Crippen molar-refractivity contribution in [2.45, 2.75) is 12.5 Å². The summed E-state index contributed by atoms with van der Waals surface area (Å²) in [7, 11) is -2.56. The summed E-state index contributed by atoms with van der Waals surface area (Å²) in [5, 5.41) is 2.08. The fourth-order valence-corrected chi connectivity index (χ4v) is 4.61. The molecule has 0 spiro atoms. The first-order chi connectivity index (χ1) is 13.4. The molecule has 1 amide bonds. The van der Waals surface area contributed by atoms with Gasteiger partial charge in [0.1, 0.15) is 22.9 Å². The molecule has 0 unspecified atom stereocenters. The van der Waals surface area contributed by atoms with E-state index in [0.29, 0.717) is 0 Å². The minimum Gasteiger partial charge on any atom is -0.369 e. The van der Waals surface area contributed by atoms with E-state index in [1.807, 2.05) is 0 Å². The lowest BCUT2D eigenvalue weighted by atomic mass is 9.93. The van der Waals surface area contributed by atoms with Crippen molar-refractivity contribution in [1.29, 1.82) is 0 Å². The van der Waals surface area contributed by atoms with Crippen molar-refractivity contribution in [2.75, 3.05) is 18.1 Å². The van der Waals surface area contributed by atoms with Crippen LogP contribution in [0.15, 0.2) is 35.5 Å². The van der Waals surface area contributed by atoms with Crippen LogP contribution in [0.3, 0.4) is 0 Å². The molecule has 1 aliphatic rings. The first kappa shape index (κ1) is 20.9. The van der Waals surface area contributed by atoms with E-state index in [2.05, 4.69) is 15.3 Å². The number of benzene rings is 1. The molecule has 3 N–H and O–H groups in total. The third kappa shape index (κ3) is 4.01. The Hall–Kier alpha value is -2.79. The Labute approximate surface area is 170 Å². The fourth-order valence-electron chi connectivity index (χ4n) is 2.85. The summed E-state index contributed by atoms with van der Waals surface area (Å²) < 4.78 is 53.0. The first-order valence-electron chi connectivity index (χ1n) is 8.17. The van der Waals surface area contributed by atoms with Crippen molar-refractivity contribution in [3.8, 4) is 0 Å². The molecule has 0 aliphatic carbocycles. The van der Waals surface area contributed by atoms with Gasteiger partial charge in [-0.1, -0.05) is 11.6 Å². The molecule has 0 radical (unpaired) electrons. The van der Waals surface area contributed by atoms with Crippen LogP contribution in [0.2, 0.25) is 5.02 Å². The van der Waals surface area contributed by atoms with Crippen LogP contribution in [0.1, 0.15) is 23.0 Å². The molecule has 1 aliphatic heterocycles. The highest BCUT2D eigenvalue weighted by atomic mass is 35.5. The molecule has 3 rings (SSSR count). The average molecular weight is 444 g/mol.